The number of nitrogens with zero attached hydrogens (tertiary/aromatic N) is 2. The summed E-state index contributed by atoms with van der Waals surface area (Å²) in [4.78, 5) is 7.91. The largest absolute Gasteiger partial charge is 0.356 e. The quantitative estimate of drug-likeness (QED) is 0.623. The minimum Gasteiger partial charge on any atom is -0.356 e. The summed E-state index contributed by atoms with van der Waals surface area (Å²) in [5.74, 6) is 0.995. The Morgan fingerprint density at radius 1 is 1.53 bits per heavy atom. The predicted molar refractivity (Wildman–Crippen MR) is 76.9 cm³/mol. The summed E-state index contributed by atoms with van der Waals surface area (Å²) in [6, 6.07) is 4.28. The Bertz CT molecular complexity index is 319. The first-order chi connectivity index (χ1) is 8.27. The van der Waals surface area contributed by atoms with E-state index >= 15 is 0 Å². The van der Waals surface area contributed by atoms with Gasteiger partial charge in [0.1, 0.15) is 0 Å². The van der Waals surface area contributed by atoms with Crippen LogP contribution in [0, 0.1) is 0 Å². The fourth-order valence-corrected chi connectivity index (χ4v) is 2.35. The summed E-state index contributed by atoms with van der Waals surface area (Å²) in [5, 5.41) is 5.52. The molecule has 1 aromatic rings. The highest BCUT2D eigenvalue weighted by Gasteiger charge is 2.04. The molecule has 4 heteroatoms. The van der Waals surface area contributed by atoms with Crippen molar-refractivity contribution in [3.8, 4) is 0 Å². The molecule has 0 amide bonds. The summed E-state index contributed by atoms with van der Waals surface area (Å²) >= 11 is 1.81. The van der Waals surface area contributed by atoms with Crippen LogP contribution in [0.2, 0.25) is 0 Å². The van der Waals surface area contributed by atoms with Gasteiger partial charge in [0.05, 0.1) is 0 Å². The lowest BCUT2D eigenvalue weighted by Crippen LogP contribution is -2.40. The Kier molecular flexibility index (Phi) is 6.70. The molecular weight excluding hydrogens is 230 g/mol. The third-order valence-electron chi connectivity index (χ3n) is 2.66. The van der Waals surface area contributed by atoms with Crippen LogP contribution in [-0.2, 0) is 6.42 Å². The topological polar surface area (TPSA) is 27.6 Å². The van der Waals surface area contributed by atoms with Gasteiger partial charge in [-0.15, -0.1) is 11.3 Å². The molecule has 0 aliphatic heterocycles. The number of unbranched alkanes of at least 4 members (excludes halogenated alkanes) is 1. The zero-order chi connectivity index (χ0) is 12.5. The monoisotopic (exact) mass is 253 g/mol. The van der Waals surface area contributed by atoms with Gasteiger partial charge in [0.25, 0.3) is 0 Å². The Labute approximate surface area is 109 Å². The van der Waals surface area contributed by atoms with Crippen molar-refractivity contribution in [2.45, 2.75) is 26.2 Å². The molecule has 0 bridgehead atoms. The summed E-state index contributed by atoms with van der Waals surface area (Å²) in [5.41, 5.74) is 0. The molecule has 1 rings (SSSR count). The summed E-state index contributed by atoms with van der Waals surface area (Å²) in [6.45, 7) is 4.22. The lowest BCUT2D eigenvalue weighted by atomic mass is 10.3. The van der Waals surface area contributed by atoms with E-state index in [1.165, 1.54) is 17.7 Å². The van der Waals surface area contributed by atoms with Crippen molar-refractivity contribution in [1.82, 2.24) is 10.2 Å². The van der Waals surface area contributed by atoms with Gasteiger partial charge in [-0.05, 0) is 24.3 Å². The van der Waals surface area contributed by atoms with Crippen molar-refractivity contribution in [2.75, 3.05) is 27.2 Å². The van der Waals surface area contributed by atoms with E-state index in [-0.39, 0.29) is 0 Å². The molecule has 0 aliphatic rings. The number of nitrogens with one attached hydrogen (secondary N) is 1. The maximum absolute atomic E-state index is 4.29. The molecule has 0 fully saturated rings. The highest BCUT2D eigenvalue weighted by atomic mass is 32.1. The molecule has 0 unspecified atom stereocenters. The smallest absolute Gasteiger partial charge is 0.193 e. The Hall–Kier alpha value is -1.03. The average molecular weight is 253 g/mol. The third-order valence-corrected chi connectivity index (χ3v) is 3.59. The first-order valence-corrected chi connectivity index (χ1v) is 7.10. The van der Waals surface area contributed by atoms with E-state index in [2.05, 4.69) is 46.7 Å². The average Bonchev–Trinajstić information content (AvgIpc) is 2.84. The van der Waals surface area contributed by atoms with Crippen molar-refractivity contribution < 1.29 is 0 Å². The van der Waals surface area contributed by atoms with Gasteiger partial charge in [-0.1, -0.05) is 19.4 Å². The van der Waals surface area contributed by atoms with E-state index in [1.807, 2.05) is 18.4 Å². The Balaban J connectivity index is 2.27. The zero-order valence-electron chi connectivity index (χ0n) is 11.1. The molecule has 1 aromatic heterocycles. The van der Waals surface area contributed by atoms with Crippen LogP contribution in [0.5, 0.6) is 0 Å². The number of hydrogen-bond acceptors (Lipinski definition) is 2. The Morgan fingerprint density at radius 2 is 2.35 bits per heavy atom. The highest BCUT2D eigenvalue weighted by molar-refractivity contribution is 7.09. The second-order valence-electron chi connectivity index (χ2n) is 4.08. The number of guanidine groups is 1. The third kappa shape index (κ3) is 5.22. The van der Waals surface area contributed by atoms with Gasteiger partial charge in [0, 0.05) is 32.1 Å². The fourth-order valence-electron chi connectivity index (χ4n) is 1.64. The van der Waals surface area contributed by atoms with Gasteiger partial charge < -0.3 is 10.2 Å². The molecule has 1 heterocycles. The SMILES string of the molecule is CCCCN(C)C(=NC)NCCc1cccs1. The van der Waals surface area contributed by atoms with Crippen LogP contribution in [0.25, 0.3) is 0 Å². The normalized spacial score (nSPS) is 11.6. The molecule has 0 aromatic carbocycles. The van der Waals surface area contributed by atoms with Crippen LogP contribution in [0.3, 0.4) is 0 Å². The molecule has 0 aliphatic carbocycles. The first kappa shape index (κ1) is 14.0. The fraction of sp³-hybridized carbons (Fsp3) is 0.615. The van der Waals surface area contributed by atoms with Crippen LogP contribution < -0.4 is 5.32 Å². The lowest BCUT2D eigenvalue weighted by molar-refractivity contribution is 0.465. The van der Waals surface area contributed by atoms with Crippen LogP contribution >= 0.6 is 11.3 Å². The van der Waals surface area contributed by atoms with Gasteiger partial charge in [0.2, 0.25) is 0 Å². The zero-order valence-corrected chi connectivity index (χ0v) is 11.9. The van der Waals surface area contributed by atoms with Crippen molar-refractivity contribution in [3.05, 3.63) is 22.4 Å². The van der Waals surface area contributed by atoms with Crippen molar-refractivity contribution in [2.24, 2.45) is 4.99 Å². The van der Waals surface area contributed by atoms with Crippen LogP contribution in [-0.4, -0.2) is 38.0 Å². The van der Waals surface area contributed by atoms with Crippen LogP contribution in [0.4, 0.5) is 0 Å². The molecule has 3 nitrogen and oxygen atoms in total. The second-order valence-corrected chi connectivity index (χ2v) is 5.11. The molecule has 0 radical (unpaired) electrons. The van der Waals surface area contributed by atoms with Gasteiger partial charge in [-0.3, -0.25) is 4.99 Å². The number of hydrogen-bond donors (Lipinski definition) is 1. The van der Waals surface area contributed by atoms with Gasteiger partial charge in [0.15, 0.2) is 5.96 Å². The molecule has 0 atom stereocenters. The highest BCUT2D eigenvalue weighted by Crippen LogP contribution is 2.08. The number of thiophene rings is 1. The van der Waals surface area contributed by atoms with Crippen LogP contribution in [0.15, 0.2) is 22.5 Å². The molecule has 0 saturated heterocycles. The summed E-state index contributed by atoms with van der Waals surface area (Å²) < 4.78 is 0. The molecule has 17 heavy (non-hydrogen) atoms. The van der Waals surface area contributed by atoms with E-state index in [1.54, 1.807) is 0 Å². The van der Waals surface area contributed by atoms with Gasteiger partial charge >= 0.3 is 0 Å². The minimum absolute atomic E-state index is 0.948. The molecule has 1 N–H and O–H groups in total. The van der Waals surface area contributed by atoms with Crippen molar-refractivity contribution >= 4 is 17.3 Å². The van der Waals surface area contributed by atoms with Crippen molar-refractivity contribution in [1.29, 1.82) is 0 Å². The van der Waals surface area contributed by atoms with E-state index in [0.29, 0.717) is 0 Å². The molecule has 0 spiro atoms. The van der Waals surface area contributed by atoms with E-state index in [0.717, 1.165) is 25.5 Å². The van der Waals surface area contributed by atoms with E-state index < -0.39 is 0 Å². The van der Waals surface area contributed by atoms with Gasteiger partial charge in [-0.25, -0.2) is 0 Å². The maximum Gasteiger partial charge on any atom is 0.193 e. The minimum atomic E-state index is 0.948. The molecule has 0 saturated carbocycles. The molecule has 96 valence electrons. The maximum atomic E-state index is 4.29. The first-order valence-electron chi connectivity index (χ1n) is 6.22. The van der Waals surface area contributed by atoms with E-state index in [4.69, 9.17) is 0 Å². The number of rotatable bonds is 6. The predicted octanol–water partition coefficient (Wildman–Crippen LogP) is 2.60. The van der Waals surface area contributed by atoms with Crippen LogP contribution in [0.1, 0.15) is 24.6 Å². The lowest BCUT2D eigenvalue weighted by Gasteiger charge is -2.21. The number of aliphatic imine (C=N–C) groups is 1. The van der Waals surface area contributed by atoms with E-state index in [9.17, 15) is 0 Å². The summed E-state index contributed by atoms with van der Waals surface area (Å²) in [6.07, 6.45) is 3.50. The summed E-state index contributed by atoms with van der Waals surface area (Å²) in [7, 11) is 3.94. The Morgan fingerprint density at radius 3 is 2.94 bits per heavy atom. The standard InChI is InChI=1S/C13H23N3S/c1-4-5-10-16(3)13(14-2)15-9-8-12-7-6-11-17-12/h6-7,11H,4-5,8-10H2,1-3H3,(H,14,15). The second kappa shape index (κ2) is 8.12. The van der Waals surface area contributed by atoms with Crippen molar-refractivity contribution in [3.63, 3.8) is 0 Å². The molecular formula is C13H23N3S. The van der Waals surface area contributed by atoms with Gasteiger partial charge in [-0.2, -0.15) is 0 Å².